The molecular weight excluding hydrogens is 318 g/mol. The van der Waals surface area contributed by atoms with Crippen LogP contribution in [0.2, 0.25) is 0 Å². The molecule has 126 valence electrons. The summed E-state index contributed by atoms with van der Waals surface area (Å²) in [4.78, 5) is 26.5. The number of terminal acetylenes is 1. The highest BCUT2D eigenvalue weighted by atomic mass is 16.5. The first kappa shape index (κ1) is 16.6. The minimum absolute atomic E-state index is 0.174. The molecule has 5 nitrogen and oxygen atoms in total. The molecular formula is C20H17NO4. The molecule has 0 bridgehead atoms. The van der Waals surface area contributed by atoms with E-state index in [4.69, 9.17) is 15.9 Å². The number of methoxy groups -OCH3 is 2. The van der Waals surface area contributed by atoms with Gasteiger partial charge in [-0.05, 0) is 35.4 Å². The standard InChI is InChI=1S/C20H17NO4/c1-4-13-8-9-16(18(10-13)24-2)19(22)21-11-14-6-5-7-15(17(14)12-21)20(23)25-3/h1,5-10H,11-12H2,2-3H3. The van der Waals surface area contributed by atoms with Crippen molar-refractivity contribution in [2.24, 2.45) is 0 Å². The number of hydrogen-bond acceptors (Lipinski definition) is 4. The van der Waals surface area contributed by atoms with E-state index >= 15 is 0 Å². The van der Waals surface area contributed by atoms with Crippen LogP contribution in [0.15, 0.2) is 36.4 Å². The number of amides is 1. The maximum Gasteiger partial charge on any atom is 0.338 e. The number of rotatable bonds is 3. The van der Waals surface area contributed by atoms with Gasteiger partial charge in [-0.15, -0.1) is 6.42 Å². The van der Waals surface area contributed by atoms with Crippen molar-refractivity contribution in [3.8, 4) is 18.1 Å². The Morgan fingerprint density at radius 3 is 2.60 bits per heavy atom. The lowest BCUT2D eigenvalue weighted by molar-refractivity contribution is 0.0596. The third-order valence-electron chi connectivity index (χ3n) is 4.27. The van der Waals surface area contributed by atoms with Gasteiger partial charge >= 0.3 is 5.97 Å². The smallest absolute Gasteiger partial charge is 0.338 e. The quantitative estimate of drug-likeness (QED) is 0.639. The first-order valence-corrected chi connectivity index (χ1v) is 7.72. The summed E-state index contributed by atoms with van der Waals surface area (Å²) >= 11 is 0. The summed E-state index contributed by atoms with van der Waals surface area (Å²) in [6, 6.07) is 10.5. The Hall–Kier alpha value is -3.26. The molecule has 0 fully saturated rings. The molecule has 1 heterocycles. The minimum atomic E-state index is -0.401. The second kappa shape index (κ2) is 6.70. The van der Waals surface area contributed by atoms with E-state index in [1.54, 1.807) is 35.2 Å². The molecule has 2 aromatic carbocycles. The SMILES string of the molecule is C#Cc1ccc(C(=O)N2Cc3cccc(C(=O)OC)c3C2)c(OC)c1. The van der Waals surface area contributed by atoms with Gasteiger partial charge < -0.3 is 14.4 Å². The van der Waals surface area contributed by atoms with Gasteiger partial charge in [0.05, 0.1) is 25.3 Å². The number of hydrogen-bond donors (Lipinski definition) is 0. The fourth-order valence-electron chi connectivity index (χ4n) is 2.99. The van der Waals surface area contributed by atoms with Gasteiger partial charge in [0.2, 0.25) is 0 Å². The van der Waals surface area contributed by atoms with E-state index < -0.39 is 5.97 Å². The Morgan fingerprint density at radius 2 is 1.92 bits per heavy atom. The molecule has 0 spiro atoms. The van der Waals surface area contributed by atoms with Gasteiger partial charge in [-0.1, -0.05) is 18.1 Å². The molecule has 0 radical (unpaired) electrons. The van der Waals surface area contributed by atoms with Crippen molar-refractivity contribution in [3.63, 3.8) is 0 Å². The molecule has 0 N–H and O–H groups in total. The van der Waals surface area contributed by atoms with Crippen LogP contribution in [-0.2, 0) is 17.8 Å². The zero-order valence-corrected chi connectivity index (χ0v) is 14.0. The second-order valence-corrected chi connectivity index (χ2v) is 5.66. The van der Waals surface area contributed by atoms with Crippen molar-refractivity contribution in [1.29, 1.82) is 0 Å². The van der Waals surface area contributed by atoms with E-state index in [9.17, 15) is 9.59 Å². The lowest BCUT2D eigenvalue weighted by Crippen LogP contribution is -2.26. The van der Waals surface area contributed by atoms with Crippen molar-refractivity contribution in [1.82, 2.24) is 4.90 Å². The zero-order chi connectivity index (χ0) is 18.0. The van der Waals surface area contributed by atoms with E-state index in [-0.39, 0.29) is 5.91 Å². The number of benzene rings is 2. The van der Waals surface area contributed by atoms with Gasteiger partial charge in [-0.2, -0.15) is 0 Å². The summed E-state index contributed by atoms with van der Waals surface area (Å²) < 4.78 is 10.1. The lowest BCUT2D eigenvalue weighted by Gasteiger charge is -2.17. The Labute approximate surface area is 146 Å². The van der Waals surface area contributed by atoms with Crippen LogP contribution in [0, 0.1) is 12.3 Å². The Morgan fingerprint density at radius 1 is 1.12 bits per heavy atom. The van der Waals surface area contributed by atoms with Crippen LogP contribution < -0.4 is 4.74 Å². The van der Waals surface area contributed by atoms with E-state index in [1.807, 2.05) is 6.07 Å². The molecule has 25 heavy (non-hydrogen) atoms. The monoisotopic (exact) mass is 335 g/mol. The zero-order valence-electron chi connectivity index (χ0n) is 14.0. The van der Waals surface area contributed by atoms with Gasteiger partial charge in [0, 0.05) is 18.7 Å². The third-order valence-corrected chi connectivity index (χ3v) is 4.27. The predicted octanol–water partition coefficient (Wildman–Crippen LogP) is 2.62. The van der Waals surface area contributed by atoms with Crippen molar-refractivity contribution in [2.45, 2.75) is 13.1 Å². The van der Waals surface area contributed by atoms with Crippen molar-refractivity contribution >= 4 is 11.9 Å². The summed E-state index contributed by atoms with van der Waals surface area (Å²) in [5.41, 5.74) is 3.34. The molecule has 2 aromatic rings. The van der Waals surface area contributed by atoms with Gasteiger partial charge in [-0.25, -0.2) is 4.79 Å². The first-order valence-electron chi connectivity index (χ1n) is 7.72. The first-order chi connectivity index (χ1) is 12.1. The molecule has 0 aliphatic carbocycles. The van der Waals surface area contributed by atoms with Crippen molar-refractivity contribution < 1.29 is 19.1 Å². The molecule has 3 rings (SSSR count). The summed E-state index contributed by atoms with van der Waals surface area (Å²) in [5.74, 6) is 2.38. The lowest BCUT2D eigenvalue weighted by atomic mass is 10.0. The normalized spacial score (nSPS) is 12.3. The summed E-state index contributed by atoms with van der Waals surface area (Å²) in [6.45, 7) is 0.776. The Kier molecular flexibility index (Phi) is 4.44. The van der Waals surface area contributed by atoms with E-state index in [0.29, 0.717) is 35.5 Å². The second-order valence-electron chi connectivity index (χ2n) is 5.66. The van der Waals surface area contributed by atoms with E-state index in [2.05, 4.69) is 5.92 Å². The largest absolute Gasteiger partial charge is 0.496 e. The van der Waals surface area contributed by atoms with Gasteiger partial charge in [0.1, 0.15) is 5.75 Å². The summed E-state index contributed by atoms with van der Waals surface area (Å²) in [6.07, 6.45) is 5.39. The Balaban J connectivity index is 1.91. The van der Waals surface area contributed by atoms with Gasteiger partial charge in [0.15, 0.2) is 0 Å². The number of carbonyl (C=O) groups is 2. The predicted molar refractivity (Wildman–Crippen MR) is 92.3 cm³/mol. The maximum absolute atomic E-state index is 12.9. The van der Waals surface area contributed by atoms with Gasteiger partial charge in [-0.3, -0.25) is 4.79 Å². The topological polar surface area (TPSA) is 55.8 Å². The molecule has 0 aromatic heterocycles. The van der Waals surface area contributed by atoms with Crippen LogP contribution in [0.4, 0.5) is 0 Å². The number of ether oxygens (including phenoxy) is 2. The molecule has 1 amide bonds. The molecule has 5 heteroatoms. The fraction of sp³-hybridized carbons (Fsp3) is 0.200. The maximum atomic E-state index is 12.9. The number of esters is 1. The molecule has 0 saturated carbocycles. The van der Waals surface area contributed by atoms with Crippen LogP contribution in [0.3, 0.4) is 0 Å². The summed E-state index contributed by atoms with van der Waals surface area (Å²) in [5, 5.41) is 0. The minimum Gasteiger partial charge on any atom is -0.496 e. The van der Waals surface area contributed by atoms with Crippen LogP contribution in [-0.4, -0.2) is 31.0 Å². The van der Waals surface area contributed by atoms with Crippen LogP contribution in [0.5, 0.6) is 5.75 Å². The number of carbonyl (C=O) groups excluding carboxylic acids is 2. The third kappa shape index (κ3) is 2.94. The highest BCUT2D eigenvalue weighted by Gasteiger charge is 2.29. The van der Waals surface area contributed by atoms with Gasteiger partial charge in [0.25, 0.3) is 5.91 Å². The highest BCUT2D eigenvalue weighted by molar-refractivity contribution is 5.98. The molecule has 1 aliphatic heterocycles. The average molecular weight is 335 g/mol. The highest BCUT2D eigenvalue weighted by Crippen LogP contribution is 2.30. The molecule has 1 aliphatic rings. The van der Waals surface area contributed by atoms with Crippen molar-refractivity contribution in [3.05, 3.63) is 64.2 Å². The number of nitrogens with zero attached hydrogens (tertiary/aromatic N) is 1. The van der Waals surface area contributed by atoms with Crippen molar-refractivity contribution in [2.75, 3.05) is 14.2 Å². The molecule has 0 unspecified atom stereocenters. The fourth-order valence-corrected chi connectivity index (χ4v) is 2.99. The molecule has 0 saturated heterocycles. The van der Waals surface area contributed by atoms with Crippen LogP contribution in [0.25, 0.3) is 0 Å². The van der Waals surface area contributed by atoms with Crippen LogP contribution in [0.1, 0.15) is 37.4 Å². The summed E-state index contributed by atoms with van der Waals surface area (Å²) in [7, 11) is 2.85. The molecule has 0 atom stereocenters. The van der Waals surface area contributed by atoms with E-state index in [0.717, 1.165) is 11.1 Å². The Bertz CT molecular complexity index is 895. The van der Waals surface area contributed by atoms with Crippen LogP contribution >= 0.6 is 0 Å². The average Bonchev–Trinajstić information content (AvgIpc) is 3.10. The number of fused-ring (bicyclic) bond motifs is 1. The van der Waals surface area contributed by atoms with E-state index in [1.165, 1.54) is 14.2 Å².